The quantitative estimate of drug-likeness (QED) is 0.677. The van der Waals surface area contributed by atoms with E-state index in [2.05, 4.69) is 4.99 Å². The average Bonchev–Trinajstić information content (AvgIpc) is 2.40. The fraction of sp³-hybridized carbons (Fsp3) is 0.278. The maximum absolute atomic E-state index is 10.4. The molecule has 2 aromatic carbocycles. The van der Waals surface area contributed by atoms with Gasteiger partial charge in [0.2, 0.25) is 6.08 Å². The van der Waals surface area contributed by atoms with Gasteiger partial charge in [0.1, 0.15) is 5.75 Å². The van der Waals surface area contributed by atoms with Gasteiger partial charge in [-0.15, -0.1) is 0 Å². The standard InChI is InChI=1S/C18H19NO2/c1-11-5-15(6-12(2)17(11)19-10-20)9-16-7-13(3)18(21)14(4)8-16/h5-8,21H,9H2,1-4H3. The Hall–Kier alpha value is -2.38. The highest BCUT2D eigenvalue weighted by atomic mass is 16.3. The van der Waals surface area contributed by atoms with E-state index in [0.29, 0.717) is 11.4 Å². The second-order valence-electron chi connectivity index (χ2n) is 5.54. The number of aryl methyl sites for hydroxylation is 4. The second-order valence-corrected chi connectivity index (χ2v) is 5.54. The molecule has 0 fully saturated rings. The summed E-state index contributed by atoms with van der Waals surface area (Å²) >= 11 is 0. The zero-order chi connectivity index (χ0) is 15.6. The van der Waals surface area contributed by atoms with Crippen molar-refractivity contribution in [3.05, 3.63) is 57.6 Å². The summed E-state index contributed by atoms with van der Waals surface area (Å²) in [6, 6.07) is 8.09. The number of rotatable bonds is 3. The number of aliphatic imine (C=N–C) groups is 1. The number of aromatic hydroxyl groups is 1. The van der Waals surface area contributed by atoms with Gasteiger partial charge in [0.05, 0.1) is 5.69 Å². The number of isocyanates is 1. The molecule has 3 nitrogen and oxygen atoms in total. The lowest BCUT2D eigenvalue weighted by atomic mass is 9.96. The van der Waals surface area contributed by atoms with Gasteiger partial charge in [-0.3, -0.25) is 0 Å². The van der Waals surface area contributed by atoms with E-state index in [1.807, 2.05) is 52.0 Å². The van der Waals surface area contributed by atoms with E-state index in [-0.39, 0.29) is 0 Å². The minimum Gasteiger partial charge on any atom is -0.507 e. The molecule has 0 amide bonds. The van der Waals surface area contributed by atoms with E-state index in [0.717, 1.165) is 34.2 Å². The van der Waals surface area contributed by atoms with E-state index in [1.54, 1.807) is 6.08 Å². The van der Waals surface area contributed by atoms with Crippen LogP contribution in [0.5, 0.6) is 5.75 Å². The predicted octanol–water partition coefficient (Wildman–Crippen LogP) is 4.18. The van der Waals surface area contributed by atoms with Crippen LogP contribution in [0, 0.1) is 27.7 Å². The molecule has 0 aliphatic carbocycles. The minimum absolute atomic E-state index is 0.363. The molecule has 0 aliphatic rings. The van der Waals surface area contributed by atoms with Gasteiger partial charge in [-0.05, 0) is 67.5 Å². The summed E-state index contributed by atoms with van der Waals surface area (Å²) in [5.74, 6) is 0.363. The smallest absolute Gasteiger partial charge is 0.240 e. The van der Waals surface area contributed by atoms with Gasteiger partial charge in [0, 0.05) is 0 Å². The molecule has 0 radical (unpaired) electrons. The maximum atomic E-state index is 10.4. The van der Waals surface area contributed by atoms with Crippen LogP contribution in [0.4, 0.5) is 5.69 Å². The Morgan fingerprint density at radius 1 is 0.905 bits per heavy atom. The second kappa shape index (κ2) is 5.94. The van der Waals surface area contributed by atoms with Crippen molar-refractivity contribution in [2.24, 2.45) is 4.99 Å². The summed E-state index contributed by atoms with van der Waals surface area (Å²) in [5, 5.41) is 9.83. The zero-order valence-corrected chi connectivity index (χ0v) is 12.8. The number of benzene rings is 2. The van der Waals surface area contributed by atoms with E-state index < -0.39 is 0 Å². The first-order chi connectivity index (χ1) is 9.92. The van der Waals surface area contributed by atoms with Crippen molar-refractivity contribution in [2.75, 3.05) is 0 Å². The van der Waals surface area contributed by atoms with Crippen LogP contribution in [-0.2, 0) is 11.2 Å². The van der Waals surface area contributed by atoms with Gasteiger partial charge in [0.25, 0.3) is 0 Å². The molecule has 0 heterocycles. The Balaban J connectivity index is 2.39. The van der Waals surface area contributed by atoms with Crippen LogP contribution in [0.3, 0.4) is 0 Å². The highest BCUT2D eigenvalue weighted by Crippen LogP contribution is 2.28. The molecule has 0 saturated heterocycles. The third-order valence-corrected chi connectivity index (χ3v) is 3.67. The molecule has 0 spiro atoms. The summed E-state index contributed by atoms with van der Waals surface area (Å²) in [7, 11) is 0. The van der Waals surface area contributed by atoms with E-state index in [1.165, 1.54) is 5.56 Å². The molecule has 0 unspecified atom stereocenters. The third kappa shape index (κ3) is 3.21. The molecule has 2 rings (SSSR count). The van der Waals surface area contributed by atoms with E-state index in [4.69, 9.17) is 0 Å². The fourth-order valence-corrected chi connectivity index (χ4v) is 2.75. The van der Waals surface area contributed by atoms with Crippen LogP contribution in [0.25, 0.3) is 0 Å². The molecule has 0 atom stereocenters. The summed E-state index contributed by atoms with van der Waals surface area (Å²) in [5.41, 5.74) is 6.75. The van der Waals surface area contributed by atoms with Crippen molar-refractivity contribution >= 4 is 11.8 Å². The van der Waals surface area contributed by atoms with Crippen molar-refractivity contribution < 1.29 is 9.90 Å². The SMILES string of the molecule is Cc1cc(Cc2cc(C)c(N=C=O)c(C)c2)cc(C)c1O. The van der Waals surface area contributed by atoms with Crippen molar-refractivity contribution in [1.29, 1.82) is 0 Å². The molecule has 1 N–H and O–H groups in total. The largest absolute Gasteiger partial charge is 0.507 e. The topological polar surface area (TPSA) is 49.7 Å². The Kier molecular flexibility index (Phi) is 4.25. The van der Waals surface area contributed by atoms with Crippen LogP contribution < -0.4 is 0 Å². The summed E-state index contributed by atoms with van der Waals surface area (Å²) < 4.78 is 0. The van der Waals surface area contributed by atoms with Crippen molar-refractivity contribution in [1.82, 2.24) is 0 Å². The molecule has 3 heteroatoms. The summed E-state index contributed by atoms with van der Waals surface area (Å²) in [4.78, 5) is 14.2. The molecule has 0 saturated carbocycles. The normalized spacial score (nSPS) is 10.3. The monoisotopic (exact) mass is 281 g/mol. The van der Waals surface area contributed by atoms with Gasteiger partial charge in [0.15, 0.2) is 0 Å². The fourth-order valence-electron chi connectivity index (χ4n) is 2.75. The number of nitrogens with zero attached hydrogens (tertiary/aromatic N) is 1. The van der Waals surface area contributed by atoms with Crippen molar-refractivity contribution in [2.45, 2.75) is 34.1 Å². The van der Waals surface area contributed by atoms with Crippen LogP contribution in [-0.4, -0.2) is 11.2 Å². The Bertz CT molecular complexity index is 695. The molecular weight excluding hydrogens is 262 g/mol. The van der Waals surface area contributed by atoms with Gasteiger partial charge in [-0.2, -0.15) is 4.99 Å². The molecule has 21 heavy (non-hydrogen) atoms. The lowest BCUT2D eigenvalue weighted by molar-refractivity contribution is 0.466. The maximum Gasteiger partial charge on any atom is 0.240 e. The Morgan fingerprint density at radius 3 is 1.76 bits per heavy atom. The molecular formula is C18H19NO2. The highest BCUT2D eigenvalue weighted by molar-refractivity contribution is 5.59. The summed E-state index contributed by atoms with van der Waals surface area (Å²) in [6.07, 6.45) is 2.39. The van der Waals surface area contributed by atoms with Crippen molar-refractivity contribution in [3.8, 4) is 5.75 Å². The van der Waals surface area contributed by atoms with Gasteiger partial charge in [-0.25, -0.2) is 4.79 Å². The van der Waals surface area contributed by atoms with Crippen LogP contribution in [0.1, 0.15) is 33.4 Å². The summed E-state index contributed by atoms with van der Waals surface area (Å²) in [6.45, 7) is 7.70. The first kappa shape index (κ1) is 15.0. The molecule has 0 aliphatic heterocycles. The number of hydrogen-bond donors (Lipinski definition) is 1. The number of carbonyl (C=O) groups excluding carboxylic acids is 1. The Labute approximate surface area is 125 Å². The Morgan fingerprint density at radius 2 is 1.33 bits per heavy atom. The van der Waals surface area contributed by atoms with Gasteiger partial charge >= 0.3 is 0 Å². The first-order valence-electron chi connectivity index (χ1n) is 6.89. The zero-order valence-electron chi connectivity index (χ0n) is 12.8. The minimum atomic E-state index is 0.363. The average molecular weight is 281 g/mol. The lowest BCUT2D eigenvalue weighted by Crippen LogP contribution is -1.94. The van der Waals surface area contributed by atoms with Crippen molar-refractivity contribution in [3.63, 3.8) is 0 Å². The predicted molar refractivity (Wildman–Crippen MR) is 84.1 cm³/mol. The lowest BCUT2D eigenvalue weighted by Gasteiger charge is -2.11. The van der Waals surface area contributed by atoms with Gasteiger partial charge in [-0.1, -0.05) is 24.3 Å². The molecule has 0 aromatic heterocycles. The van der Waals surface area contributed by atoms with Crippen LogP contribution in [0.2, 0.25) is 0 Å². The van der Waals surface area contributed by atoms with E-state index >= 15 is 0 Å². The highest BCUT2D eigenvalue weighted by Gasteiger charge is 2.08. The first-order valence-corrected chi connectivity index (χ1v) is 6.89. The van der Waals surface area contributed by atoms with E-state index in [9.17, 15) is 9.90 Å². The van der Waals surface area contributed by atoms with Crippen LogP contribution >= 0.6 is 0 Å². The number of phenols is 1. The number of phenolic OH excluding ortho intramolecular Hbond substituents is 1. The third-order valence-electron chi connectivity index (χ3n) is 3.67. The van der Waals surface area contributed by atoms with Crippen LogP contribution in [0.15, 0.2) is 29.3 Å². The van der Waals surface area contributed by atoms with Gasteiger partial charge < -0.3 is 5.11 Å². The molecule has 0 bridgehead atoms. The number of hydrogen-bond acceptors (Lipinski definition) is 3. The molecule has 2 aromatic rings. The molecule has 108 valence electrons.